The highest BCUT2D eigenvalue weighted by Crippen LogP contribution is 2.35. The molecule has 0 aromatic rings. The summed E-state index contributed by atoms with van der Waals surface area (Å²) in [6.07, 6.45) is 2.63. The SMILES string of the molecule is CCC(C)(CCC(N)=S)C1OCCO1. The number of thiocarbonyl (C=S) groups is 1. The number of ether oxygens (including phenoxy) is 2. The Labute approximate surface area is 90.9 Å². The Hall–Kier alpha value is -0.190. The molecular formula is C10H19NO2S. The highest BCUT2D eigenvalue weighted by atomic mass is 32.1. The second-order valence-corrected chi connectivity index (χ2v) is 4.57. The molecule has 1 unspecified atom stereocenters. The average molecular weight is 217 g/mol. The highest BCUT2D eigenvalue weighted by molar-refractivity contribution is 7.80. The third-order valence-corrected chi connectivity index (χ3v) is 3.15. The maximum absolute atomic E-state index is 5.53. The lowest BCUT2D eigenvalue weighted by Crippen LogP contribution is -2.33. The van der Waals surface area contributed by atoms with Crippen molar-refractivity contribution in [2.75, 3.05) is 13.2 Å². The van der Waals surface area contributed by atoms with Gasteiger partial charge in [-0.15, -0.1) is 0 Å². The molecule has 82 valence electrons. The first-order chi connectivity index (χ1) is 6.58. The van der Waals surface area contributed by atoms with Crippen LogP contribution in [0.5, 0.6) is 0 Å². The van der Waals surface area contributed by atoms with Crippen molar-refractivity contribution in [2.45, 2.75) is 39.4 Å². The van der Waals surface area contributed by atoms with Crippen LogP contribution in [0.2, 0.25) is 0 Å². The molecule has 14 heavy (non-hydrogen) atoms. The summed E-state index contributed by atoms with van der Waals surface area (Å²) in [5.41, 5.74) is 5.54. The zero-order chi connectivity index (χ0) is 10.6. The van der Waals surface area contributed by atoms with Crippen LogP contribution in [0.25, 0.3) is 0 Å². The number of hydrogen-bond acceptors (Lipinski definition) is 3. The molecule has 3 nitrogen and oxygen atoms in total. The van der Waals surface area contributed by atoms with Gasteiger partial charge in [-0.25, -0.2) is 0 Å². The Bertz CT molecular complexity index is 204. The van der Waals surface area contributed by atoms with E-state index in [-0.39, 0.29) is 11.7 Å². The van der Waals surface area contributed by atoms with E-state index in [4.69, 9.17) is 27.4 Å². The van der Waals surface area contributed by atoms with Crippen molar-refractivity contribution in [3.05, 3.63) is 0 Å². The summed E-state index contributed by atoms with van der Waals surface area (Å²) in [4.78, 5) is 0.572. The average Bonchev–Trinajstić information content (AvgIpc) is 2.67. The second-order valence-electron chi connectivity index (χ2n) is 4.05. The molecule has 0 aromatic carbocycles. The molecule has 1 atom stereocenters. The van der Waals surface area contributed by atoms with Crippen molar-refractivity contribution in [3.8, 4) is 0 Å². The van der Waals surface area contributed by atoms with Crippen molar-refractivity contribution in [2.24, 2.45) is 11.1 Å². The molecule has 0 saturated carbocycles. The first kappa shape index (κ1) is 11.9. The van der Waals surface area contributed by atoms with Gasteiger partial charge >= 0.3 is 0 Å². The molecule has 4 heteroatoms. The molecule has 1 aliphatic heterocycles. The molecule has 0 radical (unpaired) electrons. The van der Waals surface area contributed by atoms with Crippen LogP contribution in [0.3, 0.4) is 0 Å². The van der Waals surface area contributed by atoms with Crippen LogP contribution in [0.4, 0.5) is 0 Å². The Balaban J connectivity index is 2.50. The molecule has 0 spiro atoms. The quantitative estimate of drug-likeness (QED) is 0.714. The minimum atomic E-state index is -0.0816. The largest absolute Gasteiger partial charge is 0.393 e. The number of rotatable bonds is 5. The summed E-state index contributed by atoms with van der Waals surface area (Å²) >= 11 is 4.88. The fourth-order valence-electron chi connectivity index (χ4n) is 1.63. The standard InChI is InChI=1S/C10H19NO2S/c1-3-10(2,5-4-8(11)14)9-12-6-7-13-9/h9H,3-7H2,1-2H3,(H2,11,14). The summed E-state index contributed by atoms with van der Waals surface area (Å²) in [5, 5.41) is 0. The van der Waals surface area contributed by atoms with Crippen LogP contribution in [-0.2, 0) is 9.47 Å². The first-order valence-electron chi connectivity index (χ1n) is 5.10. The Morgan fingerprint density at radius 1 is 1.50 bits per heavy atom. The van der Waals surface area contributed by atoms with E-state index in [0.717, 1.165) is 19.3 Å². The van der Waals surface area contributed by atoms with Gasteiger partial charge in [0.2, 0.25) is 0 Å². The predicted molar refractivity (Wildman–Crippen MR) is 60.1 cm³/mol. The van der Waals surface area contributed by atoms with Crippen molar-refractivity contribution >= 4 is 17.2 Å². The molecule has 1 fully saturated rings. The van der Waals surface area contributed by atoms with Crippen LogP contribution in [0.1, 0.15) is 33.1 Å². The maximum Gasteiger partial charge on any atom is 0.163 e. The van der Waals surface area contributed by atoms with Gasteiger partial charge in [0.1, 0.15) is 0 Å². The second kappa shape index (κ2) is 5.05. The van der Waals surface area contributed by atoms with Gasteiger partial charge in [-0.1, -0.05) is 26.1 Å². The van der Waals surface area contributed by atoms with Gasteiger partial charge in [-0.05, 0) is 19.3 Å². The van der Waals surface area contributed by atoms with Gasteiger partial charge in [-0.2, -0.15) is 0 Å². The fraction of sp³-hybridized carbons (Fsp3) is 0.900. The van der Waals surface area contributed by atoms with E-state index in [2.05, 4.69) is 13.8 Å². The maximum atomic E-state index is 5.53. The lowest BCUT2D eigenvalue weighted by Gasteiger charge is -2.32. The van der Waals surface area contributed by atoms with Gasteiger partial charge in [0, 0.05) is 5.41 Å². The van der Waals surface area contributed by atoms with Crippen molar-refractivity contribution in [1.29, 1.82) is 0 Å². The van der Waals surface area contributed by atoms with E-state index in [1.165, 1.54) is 0 Å². The number of nitrogens with two attached hydrogens (primary N) is 1. The first-order valence-corrected chi connectivity index (χ1v) is 5.51. The minimum absolute atomic E-state index is 0.0416. The van der Waals surface area contributed by atoms with Crippen molar-refractivity contribution < 1.29 is 9.47 Å². The summed E-state index contributed by atoms with van der Waals surface area (Å²) in [6, 6.07) is 0. The van der Waals surface area contributed by atoms with Crippen LogP contribution in [0, 0.1) is 5.41 Å². The summed E-state index contributed by atoms with van der Waals surface area (Å²) in [6.45, 7) is 5.71. The molecule has 1 rings (SSSR count). The van der Waals surface area contributed by atoms with Crippen LogP contribution >= 0.6 is 12.2 Å². The van der Waals surface area contributed by atoms with E-state index in [1.807, 2.05) is 0 Å². The smallest absolute Gasteiger partial charge is 0.163 e. The predicted octanol–water partition coefficient (Wildman–Crippen LogP) is 1.84. The minimum Gasteiger partial charge on any atom is -0.393 e. The lowest BCUT2D eigenvalue weighted by atomic mass is 9.82. The Morgan fingerprint density at radius 2 is 2.07 bits per heavy atom. The van der Waals surface area contributed by atoms with Gasteiger partial charge in [0.15, 0.2) is 6.29 Å². The normalized spacial score (nSPS) is 22.1. The van der Waals surface area contributed by atoms with Crippen LogP contribution in [-0.4, -0.2) is 24.5 Å². The van der Waals surface area contributed by atoms with E-state index in [0.29, 0.717) is 18.2 Å². The molecule has 2 N–H and O–H groups in total. The van der Waals surface area contributed by atoms with Crippen LogP contribution in [0.15, 0.2) is 0 Å². The zero-order valence-electron chi connectivity index (χ0n) is 8.91. The lowest BCUT2D eigenvalue weighted by molar-refractivity contribution is -0.130. The van der Waals surface area contributed by atoms with E-state index >= 15 is 0 Å². The van der Waals surface area contributed by atoms with Gasteiger partial charge in [0.25, 0.3) is 0 Å². The molecule has 0 amide bonds. The van der Waals surface area contributed by atoms with E-state index in [1.54, 1.807) is 0 Å². The van der Waals surface area contributed by atoms with Crippen molar-refractivity contribution in [3.63, 3.8) is 0 Å². The molecule has 0 aromatic heterocycles. The Kier molecular flexibility index (Phi) is 4.29. The third-order valence-electron chi connectivity index (χ3n) is 2.94. The monoisotopic (exact) mass is 217 g/mol. The van der Waals surface area contributed by atoms with Crippen LogP contribution < -0.4 is 5.73 Å². The number of hydrogen-bond donors (Lipinski definition) is 1. The van der Waals surface area contributed by atoms with Gasteiger partial charge in [0.05, 0.1) is 18.2 Å². The Morgan fingerprint density at radius 3 is 2.50 bits per heavy atom. The molecule has 0 bridgehead atoms. The molecular weight excluding hydrogens is 198 g/mol. The summed E-state index contributed by atoms with van der Waals surface area (Å²) in [5.74, 6) is 0. The molecule has 1 heterocycles. The highest BCUT2D eigenvalue weighted by Gasteiger charge is 2.36. The summed E-state index contributed by atoms with van der Waals surface area (Å²) < 4.78 is 11.1. The third kappa shape index (κ3) is 2.90. The van der Waals surface area contributed by atoms with Gasteiger partial charge < -0.3 is 15.2 Å². The molecule has 1 saturated heterocycles. The van der Waals surface area contributed by atoms with Gasteiger partial charge in [-0.3, -0.25) is 0 Å². The zero-order valence-corrected chi connectivity index (χ0v) is 9.73. The fourth-order valence-corrected chi connectivity index (χ4v) is 1.73. The molecule has 1 aliphatic rings. The van der Waals surface area contributed by atoms with E-state index in [9.17, 15) is 0 Å². The van der Waals surface area contributed by atoms with Crippen molar-refractivity contribution in [1.82, 2.24) is 0 Å². The summed E-state index contributed by atoms with van der Waals surface area (Å²) in [7, 11) is 0. The molecule has 0 aliphatic carbocycles. The van der Waals surface area contributed by atoms with E-state index < -0.39 is 0 Å². The topological polar surface area (TPSA) is 44.5 Å².